The third-order valence-electron chi connectivity index (χ3n) is 5.65. The zero-order valence-electron chi connectivity index (χ0n) is 15.9. The lowest BCUT2D eigenvalue weighted by Crippen LogP contribution is -2.53. The fourth-order valence-electron chi connectivity index (χ4n) is 4.01. The number of halogens is 1. The minimum atomic E-state index is -0.349. The van der Waals surface area contributed by atoms with Gasteiger partial charge in [0.15, 0.2) is 0 Å². The van der Waals surface area contributed by atoms with Gasteiger partial charge in [-0.15, -0.1) is 11.8 Å². The smallest absolute Gasteiger partial charge is 0.253 e. The molecule has 0 aromatic heterocycles. The maximum atomic E-state index is 13.3. The van der Waals surface area contributed by atoms with Gasteiger partial charge in [0.05, 0.1) is 10.6 Å². The fraction of sp³-hybridized carbons (Fsp3) is 0.364. The highest BCUT2D eigenvalue weighted by Gasteiger charge is 2.49. The summed E-state index contributed by atoms with van der Waals surface area (Å²) in [7, 11) is 0. The number of amides is 2. The summed E-state index contributed by atoms with van der Waals surface area (Å²) in [6.07, 6.45) is 2.37. The number of carbonyl (C=O) groups excluding carboxylic acids is 2. The molecule has 28 heavy (non-hydrogen) atoms. The number of hydrogen-bond acceptors (Lipinski definition) is 3. The van der Waals surface area contributed by atoms with Crippen molar-refractivity contribution in [2.75, 3.05) is 23.7 Å². The van der Waals surface area contributed by atoms with E-state index in [1.165, 1.54) is 17.7 Å². The Balaban J connectivity index is 1.49. The molecule has 0 N–H and O–H groups in total. The Morgan fingerprint density at radius 3 is 2.32 bits per heavy atom. The van der Waals surface area contributed by atoms with Gasteiger partial charge in [-0.1, -0.05) is 19.1 Å². The SMILES string of the molecule is CCc1ccc(C(=O)N2CCC3(CC2)SCC(=O)N3c2ccc(F)cc2)cc1. The molecule has 2 fully saturated rings. The third-order valence-corrected chi connectivity index (χ3v) is 7.17. The molecule has 0 saturated carbocycles. The minimum Gasteiger partial charge on any atom is -0.338 e. The van der Waals surface area contributed by atoms with Crippen molar-refractivity contribution in [1.82, 2.24) is 4.90 Å². The molecule has 6 heteroatoms. The monoisotopic (exact) mass is 398 g/mol. The predicted octanol–water partition coefficient (Wildman–Crippen LogP) is 4.10. The number of carbonyl (C=O) groups is 2. The van der Waals surface area contributed by atoms with E-state index in [0.29, 0.717) is 37.2 Å². The second kappa shape index (κ2) is 7.59. The first-order valence-corrected chi connectivity index (χ1v) is 10.6. The number of anilines is 1. The van der Waals surface area contributed by atoms with Gasteiger partial charge in [0, 0.05) is 24.3 Å². The number of nitrogens with zero attached hydrogens (tertiary/aromatic N) is 2. The largest absolute Gasteiger partial charge is 0.338 e. The first-order valence-electron chi connectivity index (χ1n) is 9.63. The highest BCUT2D eigenvalue weighted by molar-refractivity contribution is 8.02. The predicted molar refractivity (Wildman–Crippen MR) is 110 cm³/mol. The van der Waals surface area contributed by atoms with Crippen LogP contribution in [0.1, 0.15) is 35.7 Å². The molecule has 0 unspecified atom stereocenters. The van der Waals surface area contributed by atoms with Crippen LogP contribution in [-0.4, -0.2) is 40.4 Å². The summed E-state index contributed by atoms with van der Waals surface area (Å²) < 4.78 is 13.3. The molecular formula is C22H23FN2O2S. The molecule has 146 valence electrons. The van der Waals surface area contributed by atoms with Crippen LogP contribution in [-0.2, 0) is 11.2 Å². The average Bonchev–Trinajstić information content (AvgIpc) is 3.04. The normalized spacial score (nSPS) is 18.7. The molecule has 2 saturated heterocycles. The maximum Gasteiger partial charge on any atom is 0.253 e. The number of likely N-dealkylation sites (tertiary alicyclic amines) is 1. The molecule has 2 heterocycles. The van der Waals surface area contributed by atoms with E-state index >= 15 is 0 Å². The zero-order chi connectivity index (χ0) is 19.7. The molecule has 2 amide bonds. The van der Waals surface area contributed by atoms with Gasteiger partial charge in [-0.05, 0) is 61.2 Å². The lowest BCUT2D eigenvalue weighted by molar-refractivity contribution is -0.116. The summed E-state index contributed by atoms with van der Waals surface area (Å²) >= 11 is 1.64. The number of hydrogen-bond donors (Lipinski definition) is 0. The van der Waals surface area contributed by atoms with E-state index in [4.69, 9.17) is 0 Å². The minimum absolute atomic E-state index is 0.0418. The van der Waals surface area contributed by atoms with E-state index in [9.17, 15) is 14.0 Å². The van der Waals surface area contributed by atoms with Gasteiger partial charge in [-0.3, -0.25) is 14.5 Å². The summed E-state index contributed by atoms with van der Waals surface area (Å²) in [5.41, 5.74) is 2.65. The van der Waals surface area contributed by atoms with E-state index in [1.807, 2.05) is 34.1 Å². The Hall–Kier alpha value is -2.34. The quantitative estimate of drug-likeness (QED) is 0.782. The van der Waals surface area contributed by atoms with Gasteiger partial charge in [0.2, 0.25) is 5.91 Å². The molecular weight excluding hydrogens is 375 g/mol. The lowest BCUT2D eigenvalue weighted by atomic mass is 10.00. The number of piperidine rings is 1. The highest BCUT2D eigenvalue weighted by atomic mass is 32.2. The number of aryl methyl sites for hydroxylation is 1. The molecule has 4 rings (SSSR count). The molecule has 0 aliphatic carbocycles. The fourth-order valence-corrected chi connectivity index (χ4v) is 5.34. The van der Waals surface area contributed by atoms with Crippen molar-refractivity contribution in [3.63, 3.8) is 0 Å². The van der Waals surface area contributed by atoms with Crippen molar-refractivity contribution in [2.24, 2.45) is 0 Å². The summed E-state index contributed by atoms with van der Waals surface area (Å²) in [5.74, 6) is 0.197. The maximum absolute atomic E-state index is 13.3. The second-order valence-corrected chi connectivity index (χ2v) is 8.62. The van der Waals surface area contributed by atoms with Gasteiger partial charge in [-0.2, -0.15) is 0 Å². The molecule has 0 atom stereocenters. The van der Waals surface area contributed by atoms with Gasteiger partial charge < -0.3 is 4.90 Å². The van der Waals surface area contributed by atoms with Crippen LogP contribution in [0.4, 0.5) is 10.1 Å². The highest BCUT2D eigenvalue weighted by Crippen LogP contribution is 2.46. The molecule has 2 aromatic carbocycles. The Morgan fingerprint density at radius 1 is 1.07 bits per heavy atom. The van der Waals surface area contributed by atoms with Gasteiger partial charge in [0.1, 0.15) is 5.82 Å². The van der Waals surface area contributed by atoms with Crippen LogP contribution in [0.5, 0.6) is 0 Å². The van der Waals surface area contributed by atoms with E-state index < -0.39 is 0 Å². The van der Waals surface area contributed by atoms with Crippen LogP contribution < -0.4 is 4.90 Å². The first-order chi connectivity index (χ1) is 13.5. The van der Waals surface area contributed by atoms with E-state index in [0.717, 1.165) is 12.1 Å². The molecule has 0 radical (unpaired) electrons. The van der Waals surface area contributed by atoms with Crippen molar-refractivity contribution in [3.05, 3.63) is 65.5 Å². The summed E-state index contributed by atoms with van der Waals surface area (Å²) in [4.78, 5) is 28.8. The molecule has 0 bridgehead atoms. The number of thioether (sulfide) groups is 1. The Bertz CT molecular complexity index is 874. The molecule has 2 aliphatic heterocycles. The van der Waals surface area contributed by atoms with Crippen molar-refractivity contribution >= 4 is 29.3 Å². The molecule has 2 aromatic rings. The van der Waals surface area contributed by atoms with Gasteiger partial charge in [0.25, 0.3) is 5.91 Å². The van der Waals surface area contributed by atoms with Crippen LogP contribution in [0.2, 0.25) is 0 Å². The Labute approximate surface area is 168 Å². The van der Waals surface area contributed by atoms with Gasteiger partial charge >= 0.3 is 0 Å². The molecule has 1 spiro atoms. The van der Waals surface area contributed by atoms with Crippen LogP contribution in [0.15, 0.2) is 48.5 Å². The summed E-state index contributed by atoms with van der Waals surface area (Å²) in [5, 5.41) is 0. The van der Waals surface area contributed by atoms with E-state index in [2.05, 4.69) is 6.92 Å². The van der Waals surface area contributed by atoms with Crippen LogP contribution in [0, 0.1) is 5.82 Å². The standard InChI is InChI=1S/C22H23FN2O2S/c1-2-16-3-5-17(6-4-16)21(27)24-13-11-22(12-14-24)25(20(26)15-28-22)19-9-7-18(23)8-10-19/h3-10H,2,11-15H2,1H3. The molecule has 2 aliphatic rings. The van der Waals surface area contributed by atoms with Crippen molar-refractivity contribution in [2.45, 2.75) is 31.1 Å². The summed E-state index contributed by atoms with van der Waals surface area (Å²) in [6, 6.07) is 13.9. The van der Waals surface area contributed by atoms with Crippen LogP contribution >= 0.6 is 11.8 Å². The topological polar surface area (TPSA) is 40.6 Å². The van der Waals surface area contributed by atoms with Crippen molar-refractivity contribution < 1.29 is 14.0 Å². The first kappa shape index (κ1) is 19.0. The van der Waals surface area contributed by atoms with Crippen molar-refractivity contribution in [3.8, 4) is 0 Å². The number of benzene rings is 2. The van der Waals surface area contributed by atoms with Crippen LogP contribution in [0.3, 0.4) is 0 Å². The van der Waals surface area contributed by atoms with E-state index in [1.54, 1.807) is 23.9 Å². The summed E-state index contributed by atoms with van der Waals surface area (Å²) in [6.45, 7) is 3.30. The van der Waals surface area contributed by atoms with Crippen molar-refractivity contribution in [1.29, 1.82) is 0 Å². The molecule has 4 nitrogen and oxygen atoms in total. The van der Waals surface area contributed by atoms with Crippen LogP contribution in [0.25, 0.3) is 0 Å². The van der Waals surface area contributed by atoms with Gasteiger partial charge in [-0.25, -0.2) is 4.39 Å². The zero-order valence-corrected chi connectivity index (χ0v) is 16.7. The Kier molecular flexibility index (Phi) is 5.15. The second-order valence-electron chi connectivity index (χ2n) is 7.28. The average molecular weight is 399 g/mol. The lowest BCUT2D eigenvalue weighted by Gasteiger charge is -2.44. The third kappa shape index (κ3) is 3.41. The Morgan fingerprint density at radius 2 is 1.71 bits per heavy atom. The number of rotatable bonds is 3. The van der Waals surface area contributed by atoms with E-state index in [-0.39, 0.29) is 22.5 Å².